The van der Waals surface area contributed by atoms with Gasteiger partial charge >= 0.3 is 0 Å². The van der Waals surface area contributed by atoms with E-state index in [1.165, 1.54) is 20.9 Å². The number of aryl methyl sites for hydroxylation is 2. The molecule has 0 saturated heterocycles. The number of nitrogens with two attached hydrogens (primary N) is 1. The summed E-state index contributed by atoms with van der Waals surface area (Å²) in [5.74, 6) is 0. The van der Waals surface area contributed by atoms with Crippen molar-refractivity contribution in [3.05, 3.63) is 51.7 Å². The fourth-order valence-corrected chi connectivity index (χ4v) is 4.10. The first-order valence-electron chi connectivity index (χ1n) is 5.68. The van der Waals surface area contributed by atoms with Gasteiger partial charge in [-0.15, -0.1) is 23.1 Å². The second-order valence-corrected chi connectivity index (χ2v) is 6.27. The SMILES string of the molecule is Cc1ccccc1SC(CN)c1sccc1C. The molecular formula is C14H17NS2. The monoisotopic (exact) mass is 263 g/mol. The highest BCUT2D eigenvalue weighted by atomic mass is 32.2. The van der Waals surface area contributed by atoms with Gasteiger partial charge < -0.3 is 5.73 Å². The van der Waals surface area contributed by atoms with Gasteiger partial charge in [0.25, 0.3) is 0 Å². The molecule has 1 unspecified atom stereocenters. The van der Waals surface area contributed by atoms with E-state index in [0.29, 0.717) is 11.8 Å². The van der Waals surface area contributed by atoms with Crippen LogP contribution in [0, 0.1) is 13.8 Å². The molecule has 0 bridgehead atoms. The van der Waals surface area contributed by atoms with Crippen LogP contribution in [0.5, 0.6) is 0 Å². The Kier molecular flexibility index (Phi) is 4.26. The van der Waals surface area contributed by atoms with E-state index in [2.05, 4.69) is 49.6 Å². The van der Waals surface area contributed by atoms with E-state index < -0.39 is 0 Å². The Morgan fingerprint density at radius 1 is 1.18 bits per heavy atom. The van der Waals surface area contributed by atoms with Gasteiger partial charge in [-0.1, -0.05) is 18.2 Å². The van der Waals surface area contributed by atoms with Crippen molar-refractivity contribution < 1.29 is 0 Å². The number of thiophene rings is 1. The Hall–Kier alpha value is -0.770. The Morgan fingerprint density at radius 3 is 2.53 bits per heavy atom. The summed E-state index contributed by atoms with van der Waals surface area (Å²) >= 11 is 3.68. The molecule has 1 nitrogen and oxygen atoms in total. The molecule has 0 spiro atoms. The van der Waals surface area contributed by atoms with Crippen LogP contribution < -0.4 is 5.73 Å². The average Bonchev–Trinajstić information content (AvgIpc) is 2.75. The number of rotatable bonds is 4. The third kappa shape index (κ3) is 2.92. The highest BCUT2D eigenvalue weighted by molar-refractivity contribution is 7.99. The summed E-state index contributed by atoms with van der Waals surface area (Å²) < 4.78 is 0. The van der Waals surface area contributed by atoms with Crippen LogP contribution >= 0.6 is 23.1 Å². The molecule has 0 aliphatic rings. The van der Waals surface area contributed by atoms with E-state index >= 15 is 0 Å². The first kappa shape index (κ1) is 12.7. The number of hydrogen-bond donors (Lipinski definition) is 1. The van der Waals surface area contributed by atoms with Gasteiger partial charge in [-0.25, -0.2) is 0 Å². The minimum Gasteiger partial charge on any atom is -0.329 e. The van der Waals surface area contributed by atoms with Crippen LogP contribution in [0.4, 0.5) is 0 Å². The molecule has 2 N–H and O–H groups in total. The molecule has 2 aromatic rings. The van der Waals surface area contributed by atoms with E-state index in [1.807, 2.05) is 11.8 Å². The first-order chi connectivity index (χ1) is 8.22. The van der Waals surface area contributed by atoms with E-state index in [0.717, 1.165) is 0 Å². The van der Waals surface area contributed by atoms with Gasteiger partial charge in [-0.2, -0.15) is 0 Å². The second kappa shape index (κ2) is 5.71. The van der Waals surface area contributed by atoms with E-state index in [4.69, 9.17) is 5.73 Å². The van der Waals surface area contributed by atoms with Gasteiger partial charge in [-0.05, 0) is 42.5 Å². The van der Waals surface area contributed by atoms with Gasteiger partial charge in [0.15, 0.2) is 0 Å². The van der Waals surface area contributed by atoms with Crippen molar-refractivity contribution in [2.24, 2.45) is 5.73 Å². The minimum absolute atomic E-state index is 0.371. The van der Waals surface area contributed by atoms with Gasteiger partial charge in [0.1, 0.15) is 0 Å². The molecule has 1 aromatic carbocycles. The summed E-state index contributed by atoms with van der Waals surface area (Å²) in [5, 5.41) is 2.52. The van der Waals surface area contributed by atoms with E-state index in [-0.39, 0.29) is 0 Å². The quantitative estimate of drug-likeness (QED) is 0.838. The van der Waals surface area contributed by atoms with Crippen LogP contribution in [-0.2, 0) is 0 Å². The van der Waals surface area contributed by atoms with Gasteiger partial charge in [0.05, 0.1) is 5.25 Å². The molecule has 2 rings (SSSR count). The zero-order valence-electron chi connectivity index (χ0n) is 10.1. The summed E-state index contributed by atoms with van der Waals surface area (Å²) in [6.45, 7) is 4.99. The molecule has 0 amide bonds. The van der Waals surface area contributed by atoms with Crippen LogP contribution in [0.15, 0.2) is 40.6 Å². The highest BCUT2D eigenvalue weighted by Gasteiger charge is 2.15. The van der Waals surface area contributed by atoms with Crippen LogP contribution in [0.25, 0.3) is 0 Å². The molecule has 1 atom stereocenters. The molecule has 0 saturated carbocycles. The molecule has 1 heterocycles. The predicted octanol–water partition coefficient (Wildman–Crippen LogP) is 4.16. The average molecular weight is 263 g/mol. The lowest BCUT2D eigenvalue weighted by molar-refractivity contribution is 0.951. The Morgan fingerprint density at radius 2 is 1.94 bits per heavy atom. The summed E-state index contributed by atoms with van der Waals surface area (Å²) in [7, 11) is 0. The summed E-state index contributed by atoms with van der Waals surface area (Å²) in [4.78, 5) is 2.73. The molecular weight excluding hydrogens is 246 g/mol. The van der Waals surface area contributed by atoms with Crippen LogP contribution in [0.2, 0.25) is 0 Å². The Balaban J connectivity index is 2.22. The topological polar surface area (TPSA) is 26.0 Å². The van der Waals surface area contributed by atoms with Crippen molar-refractivity contribution in [2.45, 2.75) is 24.0 Å². The van der Waals surface area contributed by atoms with Crippen LogP contribution in [-0.4, -0.2) is 6.54 Å². The molecule has 17 heavy (non-hydrogen) atoms. The molecule has 0 aliphatic carbocycles. The largest absolute Gasteiger partial charge is 0.329 e. The number of hydrogen-bond acceptors (Lipinski definition) is 3. The second-order valence-electron chi connectivity index (χ2n) is 4.08. The standard InChI is InChI=1S/C14H17NS2/c1-10-5-3-4-6-12(10)17-13(9-15)14-11(2)7-8-16-14/h3-8,13H,9,15H2,1-2H3. The molecule has 0 radical (unpaired) electrons. The van der Waals surface area contributed by atoms with Crippen molar-refractivity contribution in [3.8, 4) is 0 Å². The maximum absolute atomic E-state index is 5.92. The maximum atomic E-state index is 5.92. The predicted molar refractivity (Wildman–Crippen MR) is 77.9 cm³/mol. The van der Waals surface area contributed by atoms with Gasteiger partial charge in [-0.3, -0.25) is 0 Å². The van der Waals surface area contributed by atoms with Gasteiger partial charge in [0.2, 0.25) is 0 Å². The van der Waals surface area contributed by atoms with E-state index in [1.54, 1.807) is 11.3 Å². The molecule has 90 valence electrons. The number of thioether (sulfide) groups is 1. The fourth-order valence-electron chi connectivity index (χ4n) is 1.76. The van der Waals surface area contributed by atoms with Crippen molar-refractivity contribution in [3.63, 3.8) is 0 Å². The van der Waals surface area contributed by atoms with Crippen LogP contribution in [0.1, 0.15) is 21.3 Å². The zero-order chi connectivity index (χ0) is 12.3. The third-order valence-electron chi connectivity index (χ3n) is 2.77. The first-order valence-corrected chi connectivity index (χ1v) is 7.44. The molecule has 0 aliphatic heterocycles. The molecule has 0 fully saturated rings. The highest BCUT2D eigenvalue weighted by Crippen LogP contribution is 2.39. The summed E-state index contributed by atoms with van der Waals surface area (Å²) in [5.41, 5.74) is 8.59. The molecule has 3 heteroatoms. The third-order valence-corrected chi connectivity index (χ3v) is 5.48. The molecule has 1 aromatic heterocycles. The summed E-state index contributed by atoms with van der Waals surface area (Å²) in [6, 6.07) is 10.7. The maximum Gasteiger partial charge on any atom is 0.0563 e. The van der Waals surface area contributed by atoms with Crippen molar-refractivity contribution in [2.75, 3.05) is 6.54 Å². The Bertz CT molecular complexity index is 490. The van der Waals surface area contributed by atoms with Crippen LogP contribution in [0.3, 0.4) is 0 Å². The summed E-state index contributed by atoms with van der Waals surface area (Å²) in [6.07, 6.45) is 0. The van der Waals surface area contributed by atoms with Gasteiger partial charge in [0, 0.05) is 16.3 Å². The van der Waals surface area contributed by atoms with Crippen molar-refractivity contribution >= 4 is 23.1 Å². The Labute approximate surface area is 111 Å². The van der Waals surface area contributed by atoms with Crippen molar-refractivity contribution in [1.82, 2.24) is 0 Å². The lowest BCUT2D eigenvalue weighted by Gasteiger charge is -2.15. The lowest BCUT2D eigenvalue weighted by atomic mass is 10.2. The minimum atomic E-state index is 0.371. The normalized spacial score (nSPS) is 12.6. The smallest absolute Gasteiger partial charge is 0.0563 e. The van der Waals surface area contributed by atoms with Crippen molar-refractivity contribution in [1.29, 1.82) is 0 Å². The lowest BCUT2D eigenvalue weighted by Crippen LogP contribution is -2.09. The zero-order valence-corrected chi connectivity index (χ0v) is 11.8. The number of benzene rings is 1. The fraction of sp³-hybridized carbons (Fsp3) is 0.286. The van der Waals surface area contributed by atoms with E-state index in [9.17, 15) is 0 Å².